The van der Waals surface area contributed by atoms with Crippen molar-refractivity contribution in [2.45, 2.75) is 9.22 Å². The van der Waals surface area contributed by atoms with E-state index in [0.29, 0.717) is 5.56 Å². The first kappa shape index (κ1) is 13.0. The Morgan fingerprint density at radius 3 is 2.27 bits per heavy atom. The molecule has 3 nitrogen and oxygen atoms in total. The summed E-state index contributed by atoms with van der Waals surface area (Å²) < 4.78 is 20.8. The maximum atomic E-state index is 11.3. The normalized spacial score (nSPS) is 18.1. The SMILES string of the molecule is CS(=O)(=O)C(Cl)(Br)C(O)c1ccccc1. The van der Waals surface area contributed by atoms with E-state index in [1.54, 1.807) is 30.3 Å². The Morgan fingerprint density at radius 2 is 1.87 bits per heavy atom. The molecule has 0 aromatic heterocycles. The molecule has 0 fully saturated rings. The maximum absolute atomic E-state index is 11.3. The van der Waals surface area contributed by atoms with Gasteiger partial charge in [0.15, 0.2) is 9.84 Å². The third-order valence-corrected chi connectivity index (χ3v) is 6.39. The van der Waals surface area contributed by atoms with Gasteiger partial charge in [-0.05, 0) is 21.5 Å². The Morgan fingerprint density at radius 1 is 1.40 bits per heavy atom. The van der Waals surface area contributed by atoms with Crippen molar-refractivity contribution in [1.29, 1.82) is 0 Å². The third kappa shape index (κ3) is 2.72. The van der Waals surface area contributed by atoms with Gasteiger partial charge in [0, 0.05) is 6.26 Å². The van der Waals surface area contributed by atoms with Crippen molar-refractivity contribution in [1.82, 2.24) is 0 Å². The number of sulfone groups is 1. The number of halogens is 2. The Bertz CT molecular complexity index is 430. The van der Waals surface area contributed by atoms with Gasteiger partial charge in [-0.3, -0.25) is 0 Å². The predicted octanol–water partition coefficient (Wildman–Crippen LogP) is 2.05. The van der Waals surface area contributed by atoms with Crippen LogP contribution in [0.1, 0.15) is 11.7 Å². The monoisotopic (exact) mass is 312 g/mol. The molecule has 0 aliphatic heterocycles. The van der Waals surface area contributed by atoms with E-state index in [9.17, 15) is 13.5 Å². The molecule has 1 aromatic rings. The average molecular weight is 314 g/mol. The molecule has 0 saturated heterocycles. The Labute approximate surface area is 102 Å². The molecule has 0 radical (unpaired) electrons. The van der Waals surface area contributed by atoms with Crippen LogP contribution < -0.4 is 0 Å². The van der Waals surface area contributed by atoms with E-state index in [2.05, 4.69) is 15.9 Å². The fourth-order valence-electron chi connectivity index (χ4n) is 1.03. The van der Waals surface area contributed by atoms with Gasteiger partial charge in [0.05, 0.1) is 0 Å². The van der Waals surface area contributed by atoms with E-state index in [0.717, 1.165) is 6.26 Å². The minimum Gasteiger partial charge on any atom is -0.385 e. The lowest BCUT2D eigenvalue weighted by atomic mass is 10.1. The number of hydrogen-bond acceptors (Lipinski definition) is 3. The van der Waals surface area contributed by atoms with Crippen LogP contribution in [0.3, 0.4) is 0 Å². The van der Waals surface area contributed by atoms with Gasteiger partial charge in [-0.1, -0.05) is 41.9 Å². The van der Waals surface area contributed by atoms with Crippen LogP contribution in [-0.2, 0) is 9.84 Å². The van der Waals surface area contributed by atoms with Crippen molar-refractivity contribution < 1.29 is 13.5 Å². The molecule has 84 valence electrons. The molecule has 15 heavy (non-hydrogen) atoms. The molecule has 0 spiro atoms. The summed E-state index contributed by atoms with van der Waals surface area (Å²) in [4.78, 5) is 0. The smallest absolute Gasteiger partial charge is 0.228 e. The highest BCUT2D eigenvalue weighted by Crippen LogP contribution is 2.41. The molecule has 1 N–H and O–H groups in total. The van der Waals surface area contributed by atoms with E-state index >= 15 is 0 Å². The number of benzene rings is 1. The van der Waals surface area contributed by atoms with Crippen molar-refractivity contribution >= 4 is 37.4 Å². The number of alkyl halides is 2. The van der Waals surface area contributed by atoms with Gasteiger partial charge in [0.25, 0.3) is 0 Å². The Hall–Kier alpha value is -0.100. The molecule has 1 rings (SSSR count). The summed E-state index contributed by atoms with van der Waals surface area (Å²) in [5, 5.41) is 9.83. The van der Waals surface area contributed by atoms with Crippen LogP contribution in [0.25, 0.3) is 0 Å². The molecular formula is C9H10BrClO3S. The van der Waals surface area contributed by atoms with Crippen LogP contribution in [-0.4, -0.2) is 22.9 Å². The maximum Gasteiger partial charge on any atom is 0.228 e. The second-order valence-electron chi connectivity index (χ2n) is 3.15. The summed E-state index contributed by atoms with van der Waals surface area (Å²) in [5.41, 5.74) is 0.440. The van der Waals surface area contributed by atoms with Crippen molar-refractivity contribution in [2.24, 2.45) is 0 Å². The van der Waals surface area contributed by atoms with E-state index in [1.165, 1.54) is 0 Å². The van der Waals surface area contributed by atoms with Gasteiger partial charge in [0.1, 0.15) is 6.10 Å². The fraction of sp³-hybridized carbons (Fsp3) is 0.333. The molecule has 2 unspecified atom stereocenters. The molecule has 6 heteroatoms. The van der Waals surface area contributed by atoms with Crippen LogP contribution in [0, 0.1) is 0 Å². The van der Waals surface area contributed by atoms with E-state index in [4.69, 9.17) is 11.6 Å². The van der Waals surface area contributed by atoms with Crippen LogP contribution in [0.4, 0.5) is 0 Å². The zero-order valence-corrected chi connectivity index (χ0v) is 11.1. The van der Waals surface area contributed by atoms with Crippen LogP contribution in [0.15, 0.2) is 30.3 Å². The average Bonchev–Trinajstić information content (AvgIpc) is 2.16. The summed E-state index contributed by atoms with van der Waals surface area (Å²) in [6.45, 7) is 0. The third-order valence-electron chi connectivity index (χ3n) is 1.93. The molecular weight excluding hydrogens is 304 g/mol. The van der Waals surface area contributed by atoms with E-state index in [1.807, 2.05) is 0 Å². The molecule has 0 aliphatic rings. The highest BCUT2D eigenvalue weighted by molar-refractivity contribution is 9.12. The largest absolute Gasteiger partial charge is 0.385 e. The Kier molecular flexibility index (Phi) is 3.81. The van der Waals surface area contributed by atoms with Crippen LogP contribution >= 0.6 is 27.5 Å². The van der Waals surface area contributed by atoms with Crippen molar-refractivity contribution in [3.05, 3.63) is 35.9 Å². The lowest BCUT2D eigenvalue weighted by Gasteiger charge is -2.24. The lowest BCUT2D eigenvalue weighted by molar-refractivity contribution is 0.185. The first-order chi connectivity index (χ1) is 6.77. The molecule has 0 amide bonds. The first-order valence-corrected chi connectivity index (χ1v) is 7.13. The summed E-state index contributed by atoms with van der Waals surface area (Å²) in [7, 11) is -3.62. The van der Waals surface area contributed by atoms with Crippen molar-refractivity contribution in [3.8, 4) is 0 Å². The lowest BCUT2D eigenvalue weighted by Crippen LogP contribution is -2.32. The van der Waals surface area contributed by atoms with Gasteiger partial charge in [-0.25, -0.2) is 8.42 Å². The quantitative estimate of drug-likeness (QED) is 0.869. The molecule has 0 bridgehead atoms. The summed E-state index contributed by atoms with van der Waals surface area (Å²) in [5.74, 6) is 0. The minimum absolute atomic E-state index is 0.440. The van der Waals surface area contributed by atoms with Crippen LogP contribution in [0.5, 0.6) is 0 Å². The summed E-state index contributed by atoms with van der Waals surface area (Å²) in [6.07, 6.45) is -0.364. The molecule has 0 aliphatic carbocycles. The second-order valence-corrected chi connectivity index (χ2v) is 8.39. The number of aliphatic hydroxyl groups is 1. The number of hydrogen-bond donors (Lipinski definition) is 1. The van der Waals surface area contributed by atoms with Gasteiger partial charge in [-0.2, -0.15) is 0 Å². The fourth-order valence-corrected chi connectivity index (χ4v) is 1.96. The topological polar surface area (TPSA) is 54.4 Å². The zero-order valence-electron chi connectivity index (χ0n) is 7.89. The van der Waals surface area contributed by atoms with Crippen molar-refractivity contribution in [3.63, 3.8) is 0 Å². The van der Waals surface area contributed by atoms with Gasteiger partial charge >= 0.3 is 0 Å². The standard InChI is InChI=1S/C9H10BrClO3S/c1-15(13,14)9(10,11)8(12)7-5-3-2-4-6-7/h2-6,8,12H,1H3. The van der Waals surface area contributed by atoms with E-state index < -0.39 is 19.1 Å². The zero-order chi connectivity index (χ0) is 11.7. The molecule has 2 atom stereocenters. The Balaban J connectivity index is 3.11. The number of rotatable bonds is 3. The molecule has 0 saturated carbocycles. The number of aliphatic hydroxyl groups excluding tert-OH is 1. The van der Waals surface area contributed by atoms with Crippen molar-refractivity contribution in [2.75, 3.05) is 6.26 Å². The van der Waals surface area contributed by atoms with Gasteiger partial charge in [0.2, 0.25) is 3.12 Å². The van der Waals surface area contributed by atoms with Gasteiger partial charge in [-0.15, -0.1) is 0 Å². The minimum atomic E-state index is -3.62. The van der Waals surface area contributed by atoms with Crippen LogP contribution in [0.2, 0.25) is 0 Å². The first-order valence-electron chi connectivity index (χ1n) is 4.07. The predicted molar refractivity (Wildman–Crippen MR) is 63.8 cm³/mol. The summed E-state index contributed by atoms with van der Waals surface area (Å²) >= 11 is 8.61. The molecule has 0 heterocycles. The molecule has 1 aromatic carbocycles. The summed E-state index contributed by atoms with van der Waals surface area (Å²) in [6, 6.07) is 8.37. The second kappa shape index (κ2) is 4.41. The van der Waals surface area contributed by atoms with E-state index in [-0.39, 0.29) is 0 Å². The van der Waals surface area contributed by atoms with Gasteiger partial charge < -0.3 is 5.11 Å². The highest BCUT2D eigenvalue weighted by atomic mass is 79.9. The highest BCUT2D eigenvalue weighted by Gasteiger charge is 2.44.